The minimum atomic E-state index is -4.76. The highest BCUT2D eigenvalue weighted by atomic mass is 32.1. The van der Waals surface area contributed by atoms with Gasteiger partial charge in [-0.1, -0.05) is 38.0 Å². The molecule has 3 unspecified atom stereocenters. The fourth-order valence-electron chi connectivity index (χ4n) is 3.98. The second-order valence-corrected chi connectivity index (χ2v) is 8.27. The van der Waals surface area contributed by atoms with Crippen LogP contribution in [0.4, 0.5) is 13.2 Å². The van der Waals surface area contributed by atoms with Gasteiger partial charge in [-0.05, 0) is 66.4 Å². The summed E-state index contributed by atoms with van der Waals surface area (Å²) in [6, 6.07) is 10.6. The van der Waals surface area contributed by atoms with Gasteiger partial charge in [-0.25, -0.2) is 0 Å². The number of nitrogens with zero attached hydrogens (tertiary/aromatic N) is 1. The number of halogens is 3. The highest BCUT2D eigenvalue weighted by molar-refractivity contribution is 7.07. The quantitative estimate of drug-likeness (QED) is 0.347. The zero-order valence-electron chi connectivity index (χ0n) is 16.6. The van der Waals surface area contributed by atoms with E-state index in [0.29, 0.717) is 12.3 Å². The fraction of sp³-hybridized carbons (Fsp3) is 0.545. The molecule has 0 amide bonds. The van der Waals surface area contributed by atoms with Gasteiger partial charge < -0.3 is 9.64 Å². The van der Waals surface area contributed by atoms with Crippen LogP contribution in [0.3, 0.4) is 0 Å². The Labute approximate surface area is 174 Å². The van der Waals surface area contributed by atoms with Gasteiger partial charge in [-0.15, -0.1) is 13.2 Å². The first kappa shape index (κ1) is 22.1. The summed E-state index contributed by atoms with van der Waals surface area (Å²) >= 11 is 1.56. The van der Waals surface area contributed by atoms with Gasteiger partial charge in [-0.3, -0.25) is 4.74 Å². The summed E-state index contributed by atoms with van der Waals surface area (Å²) in [5.41, 5.74) is 1.07. The standard InChI is InChI=1S/C22H28F3NO2S/c1-2-3-7-12-26-13-10-19(17-11-14-29-16-17)20(15-26)21(28-22(23,24)25)27-18-8-5-4-6-9-18/h4-6,8-9,11,14,16,19-21H,2-3,7,10,12-13,15H2,1H3. The number of hydrogen-bond donors (Lipinski definition) is 0. The van der Waals surface area contributed by atoms with Crippen molar-refractivity contribution in [2.24, 2.45) is 5.92 Å². The number of para-hydroxylation sites is 1. The van der Waals surface area contributed by atoms with E-state index >= 15 is 0 Å². The van der Waals surface area contributed by atoms with E-state index in [9.17, 15) is 13.2 Å². The third-order valence-electron chi connectivity index (χ3n) is 5.39. The fourth-order valence-corrected chi connectivity index (χ4v) is 4.70. The predicted molar refractivity (Wildman–Crippen MR) is 109 cm³/mol. The predicted octanol–water partition coefficient (Wildman–Crippen LogP) is 6.29. The molecule has 3 atom stereocenters. The number of unbranched alkanes of at least 4 members (excludes halogenated alkanes) is 2. The third kappa shape index (κ3) is 6.73. The maximum absolute atomic E-state index is 13.3. The van der Waals surface area contributed by atoms with Gasteiger partial charge in [0.25, 0.3) is 0 Å². The van der Waals surface area contributed by atoms with Crippen molar-refractivity contribution in [3.63, 3.8) is 0 Å². The van der Waals surface area contributed by atoms with E-state index in [1.165, 1.54) is 0 Å². The van der Waals surface area contributed by atoms with Crippen LogP contribution in [0.5, 0.6) is 5.75 Å². The molecule has 0 saturated carbocycles. The molecule has 1 aromatic heterocycles. The van der Waals surface area contributed by atoms with Crippen LogP contribution in [0.2, 0.25) is 0 Å². The first-order valence-electron chi connectivity index (χ1n) is 10.2. The molecule has 7 heteroatoms. The van der Waals surface area contributed by atoms with Gasteiger partial charge in [0, 0.05) is 12.5 Å². The lowest BCUT2D eigenvalue weighted by molar-refractivity contribution is -0.377. The molecule has 2 aromatic rings. The first-order chi connectivity index (χ1) is 14.0. The van der Waals surface area contributed by atoms with E-state index in [1.54, 1.807) is 41.7 Å². The third-order valence-corrected chi connectivity index (χ3v) is 6.09. The SMILES string of the molecule is CCCCCN1CCC(c2ccsc2)C(C(Oc2ccccc2)OC(F)(F)F)C1. The second-order valence-electron chi connectivity index (χ2n) is 7.49. The van der Waals surface area contributed by atoms with Crippen molar-refractivity contribution in [2.45, 2.75) is 51.2 Å². The van der Waals surface area contributed by atoms with E-state index < -0.39 is 18.6 Å². The summed E-state index contributed by atoms with van der Waals surface area (Å²) in [6.45, 7) is 4.44. The lowest BCUT2D eigenvalue weighted by atomic mass is 9.81. The average molecular weight is 428 g/mol. The molecule has 1 aliphatic rings. The zero-order chi connectivity index (χ0) is 20.7. The van der Waals surface area contributed by atoms with Crippen molar-refractivity contribution in [3.8, 4) is 5.75 Å². The molecule has 2 heterocycles. The summed E-state index contributed by atoms with van der Waals surface area (Å²) in [6.07, 6.45) is -2.07. The van der Waals surface area contributed by atoms with Crippen LogP contribution in [0.25, 0.3) is 0 Å². The molecule has 1 saturated heterocycles. The molecule has 0 spiro atoms. The number of ether oxygens (including phenoxy) is 2. The highest BCUT2D eigenvalue weighted by Gasteiger charge is 2.44. The summed E-state index contributed by atoms with van der Waals surface area (Å²) in [5.74, 6) is -0.0597. The highest BCUT2D eigenvalue weighted by Crippen LogP contribution is 2.39. The number of piperidine rings is 1. The number of benzene rings is 1. The van der Waals surface area contributed by atoms with Crippen molar-refractivity contribution in [3.05, 3.63) is 52.7 Å². The van der Waals surface area contributed by atoms with Crippen LogP contribution in [0.1, 0.15) is 44.1 Å². The summed E-state index contributed by atoms with van der Waals surface area (Å²) in [4.78, 5) is 2.25. The summed E-state index contributed by atoms with van der Waals surface area (Å²) in [5, 5.41) is 4.00. The van der Waals surface area contributed by atoms with Crippen LogP contribution < -0.4 is 4.74 Å². The lowest BCUT2D eigenvalue weighted by Gasteiger charge is -2.41. The largest absolute Gasteiger partial charge is 0.525 e. The monoisotopic (exact) mass is 427 g/mol. The van der Waals surface area contributed by atoms with E-state index in [0.717, 1.165) is 44.3 Å². The normalized spacial score (nSPS) is 21.8. The zero-order valence-corrected chi connectivity index (χ0v) is 17.4. The summed E-state index contributed by atoms with van der Waals surface area (Å²) < 4.78 is 50.1. The molecular weight excluding hydrogens is 399 g/mol. The van der Waals surface area contributed by atoms with Gasteiger partial charge in [-0.2, -0.15) is 11.3 Å². The van der Waals surface area contributed by atoms with Gasteiger partial charge in [0.1, 0.15) is 5.75 Å². The van der Waals surface area contributed by atoms with E-state index in [2.05, 4.69) is 16.6 Å². The Bertz CT molecular complexity index is 709. The van der Waals surface area contributed by atoms with Gasteiger partial charge in [0.15, 0.2) is 0 Å². The Morgan fingerprint density at radius 3 is 2.62 bits per heavy atom. The second kappa shape index (κ2) is 10.5. The number of hydrogen-bond acceptors (Lipinski definition) is 4. The molecule has 3 nitrogen and oxygen atoms in total. The first-order valence-corrected chi connectivity index (χ1v) is 11.1. The van der Waals surface area contributed by atoms with Crippen molar-refractivity contribution >= 4 is 11.3 Å². The van der Waals surface area contributed by atoms with Crippen LogP contribution in [0.15, 0.2) is 47.2 Å². The maximum atomic E-state index is 13.3. The Kier molecular flexibility index (Phi) is 7.98. The number of likely N-dealkylation sites (tertiary alicyclic amines) is 1. The molecule has 0 N–H and O–H groups in total. The van der Waals surface area contributed by atoms with Crippen molar-refractivity contribution < 1.29 is 22.6 Å². The van der Waals surface area contributed by atoms with Crippen LogP contribution >= 0.6 is 11.3 Å². The maximum Gasteiger partial charge on any atom is 0.525 e. The van der Waals surface area contributed by atoms with Crippen LogP contribution in [-0.2, 0) is 4.74 Å². The Morgan fingerprint density at radius 1 is 1.17 bits per heavy atom. The van der Waals surface area contributed by atoms with Gasteiger partial charge in [0.05, 0.1) is 0 Å². The Morgan fingerprint density at radius 2 is 1.97 bits per heavy atom. The van der Waals surface area contributed by atoms with E-state index in [1.807, 2.05) is 16.8 Å². The Hall–Kier alpha value is -1.57. The Balaban J connectivity index is 1.83. The molecule has 160 valence electrons. The molecular formula is C22H28F3NO2S. The van der Waals surface area contributed by atoms with Gasteiger partial charge in [0.2, 0.25) is 6.29 Å². The van der Waals surface area contributed by atoms with E-state index in [-0.39, 0.29) is 5.92 Å². The molecule has 1 fully saturated rings. The molecule has 0 bridgehead atoms. The van der Waals surface area contributed by atoms with Crippen LogP contribution in [0, 0.1) is 5.92 Å². The molecule has 3 rings (SSSR count). The van der Waals surface area contributed by atoms with Crippen molar-refractivity contribution in [2.75, 3.05) is 19.6 Å². The molecule has 0 radical (unpaired) electrons. The van der Waals surface area contributed by atoms with Crippen molar-refractivity contribution in [1.82, 2.24) is 4.90 Å². The van der Waals surface area contributed by atoms with E-state index in [4.69, 9.17) is 4.74 Å². The molecule has 1 aliphatic heterocycles. The number of alkyl halides is 3. The minimum Gasteiger partial charge on any atom is -0.464 e. The topological polar surface area (TPSA) is 21.7 Å². The molecule has 29 heavy (non-hydrogen) atoms. The van der Waals surface area contributed by atoms with Crippen LogP contribution in [-0.4, -0.2) is 37.2 Å². The van der Waals surface area contributed by atoms with Gasteiger partial charge >= 0.3 is 6.36 Å². The average Bonchev–Trinajstić information content (AvgIpc) is 3.22. The molecule has 0 aliphatic carbocycles. The minimum absolute atomic E-state index is 0.0280. The van der Waals surface area contributed by atoms with Crippen molar-refractivity contribution in [1.29, 1.82) is 0 Å². The number of rotatable bonds is 9. The molecule has 1 aromatic carbocycles. The smallest absolute Gasteiger partial charge is 0.464 e. The summed E-state index contributed by atoms with van der Waals surface area (Å²) in [7, 11) is 0. The number of thiophene rings is 1. The lowest BCUT2D eigenvalue weighted by Crippen LogP contribution is -2.48.